The molecule has 1 aliphatic heterocycles. The van der Waals surface area contributed by atoms with Gasteiger partial charge in [-0.2, -0.15) is 0 Å². The van der Waals surface area contributed by atoms with Gasteiger partial charge in [0.1, 0.15) is 0 Å². The van der Waals surface area contributed by atoms with E-state index in [0.717, 1.165) is 36.4 Å². The molecule has 0 spiro atoms. The normalized spacial score (nSPS) is 16.5. The number of hydrogen-bond donors (Lipinski definition) is 1. The van der Waals surface area contributed by atoms with Crippen molar-refractivity contribution >= 4 is 27.3 Å². The van der Waals surface area contributed by atoms with Crippen LogP contribution in [0.15, 0.2) is 24.3 Å². The smallest absolute Gasteiger partial charge is 0.264 e. The highest BCUT2D eigenvalue weighted by Gasteiger charge is 2.25. The molecule has 0 atom stereocenters. The van der Waals surface area contributed by atoms with Crippen molar-refractivity contribution in [3.8, 4) is 0 Å². The molecular weight excluding hydrogens is 268 g/mol. The number of amides is 1. The molecule has 3 nitrogen and oxygen atoms in total. The van der Waals surface area contributed by atoms with Gasteiger partial charge in [0.15, 0.2) is 0 Å². The van der Waals surface area contributed by atoms with Crippen LogP contribution in [0.4, 0.5) is 0 Å². The summed E-state index contributed by atoms with van der Waals surface area (Å²) in [6.07, 6.45) is 2.10. The number of carbonyl (C=O) groups is 1. The number of aryl methyl sites for hydroxylation is 1. The molecule has 2 heterocycles. The van der Waals surface area contributed by atoms with Gasteiger partial charge in [-0.05, 0) is 49.9 Å². The third kappa shape index (κ3) is 2.34. The van der Waals surface area contributed by atoms with Gasteiger partial charge in [-0.15, -0.1) is 11.3 Å². The molecule has 1 N–H and O–H groups in total. The summed E-state index contributed by atoms with van der Waals surface area (Å²) in [4.78, 5) is 15.6. The molecule has 0 saturated carbocycles. The fourth-order valence-corrected chi connectivity index (χ4v) is 4.09. The lowest BCUT2D eigenvalue weighted by molar-refractivity contribution is 0.0707. The van der Waals surface area contributed by atoms with Gasteiger partial charge in [0.05, 0.1) is 4.88 Å². The summed E-state index contributed by atoms with van der Waals surface area (Å²) in [6.45, 7) is 4.07. The largest absolute Gasteiger partial charge is 0.338 e. The molecule has 1 aromatic heterocycles. The molecule has 3 rings (SSSR count). The first-order chi connectivity index (χ1) is 9.68. The molecule has 0 unspecified atom stereocenters. The van der Waals surface area contributed by atoms with E-state index in [9.17, 15) is 4.79 Å². The summed E-state index contributed by atoms with van der Waals surface area (Å²) in [5.41, 5.74) is 1.12. The van der Waals surface area contributed by atoms with Gasteiger partial charge < -0.3 is 10.2 Å². The highest BCUT2D eigenvalue weighted by molar-refractivity contribution is 7.21. The van der Waals surface area contributed by atoms with Gasteiger partial charge >= 0.3 is 0 Å². The maximum absolute atomic E-state index is 12.8. The van der Waals surface area contributed by atoms with Crippen LogP contribution in [0.25, 0.3) is 10.1 Å². The molecule has 1 saturated heterocycles. The maximum Gasteiger partial charge on any atom is 0.264 e. The Kier molecular flexibility index (Phi) is 3.76. The number of rotatable bonds is 2. The van der Waals surface area contributed by atoms with Crippen LogP contribution in [0, 0.1) is 6.92 Å². The molecular formula is C16H20N2OS. The van der Waals surface area contributed by atoms with E-state index < -0.39 is 0 Å². The zero-order valence-corrected chi connectivity index (χ0v) is 12.8. The SMILES string of the molecule is Cc1c(C(=O)N(C)C2CCNCC2)sc2ccccc12. The van der Waals surface area contributed by atoms with E-state index in [1.807, 2.05) is 24.1 Å². The number of benzene rings is 1. The Bertz CT molecular complexity index is 628. The molecule has 0 bridgehead atoms. The van der Waals surface area contributed by atoms with E-state index in [-0.39, 0.29) is 5.91 Å². The number of nitrogens with zero attached hydrogens (tertiary/aromatic N) is 1. The van der Waals surface area contributed by atoms with Crippen molar-refractivity contribution in [3.05, 3.63) is 34.7 Å². The van der Waals surface area contributed by atoms with E-state index in [1.165, 1.54) is 10.1 Å². The van der Waals surface area contributed by atoms with Crippen molar-refractivity contribution in [3.63, 3.8) is 0 Å². The molecule has 106 valence electrons. The van der Waals surface area contributed by atoms with Gasteiger partial charge in [-0.3, -0.25) is 4.79 Å². The quantitative estimate of drug-likeness (QED) is 0.921. The van der Waals surface area contributed by atoms with Gasteiger partial charge in [0.25, 0.3) is 5.91 Å². The van der Waals surface area contributed by atoms with E-state index in [4.69, 9.17) is 0 Å². The average Bonchev–Trinajstić information content (AvgIpc) is 2.84. The van der Waals surface area contributed by atoms with E-state index >= 15 is 0 Å². The number of piperidine rings is 1. The second-order valence-corrected chi connectivity index (χ2v) is 6.50. The number of nitrogens with one attached hydrogen (secondary N) is 1. The Morgan fingerprint density at radius 3 is 2.70 bits per heavy atom. The lowest BCUT2D eigenvalue weighted by atomic mass is 10.0. The van der Waals surface area contributed by atoms with Crippen molar-refractivity contribution in [1.29, 1.82) is 0 Å². The van der Waals surface area contributed by atoms with E-state index in [2.05, 4.69) is 24.4 Å². The molecule has 1 aromatic carbocycles. The minimum absolute atomic E-state index is 0.176. The first kappa shape index (κ1) is 13.6. The molecule has 1 amide bonds. The van der Waals surface area contributed by atoms with Crippen LogP contribution in [0.2, 0.25) is 0 Å². The molecule has 0 radical (unpaired) electrons. The van der Waals surface area contributed by atoms with E-state index in [1.54, 1.807) is 11.3 Å². The monoisotopic (exact) mass is 288 g/mol. The number of hydrogen-bond acceptors (Lipinski definition) is 3. The Balaban J connectivity index is 1.89. The van der Waals surface area contributed by atoms with Gasteiger partial charge in [0.2, 0.25) is 0 Å². The zero-order chi connectivity index (χ0) is 14.1. The van der Waals surface area contributed by atoms with Crippen LogP contribution in [0.5, 0.6) is 0 Å². The molecule has 2 aromatic rings. The summed E-state index contributed by atoms with van der Waals surface area (Å²) in [6, 6.07) is 8.63. The van der Waals surface area contributed by atoms with Gasteiger partial charge in [-0.25, -0.2) is 0 Å². The summed E-state index contributed by atoms with van der Waals surface area (Å²) in [5.74, 6) is 0.176. The van der Waals surface area contributed by atoms with Crippen LogP contribution in [-0.2, 0) is 0 Å². The average molecular weight is 288 g/mol. The first-order valence-corrected chi connectivity index (χ1v) is 7.96. The second kappa shape index (κ2) is 5.54. The lowest BCUT2D eigenvalue weighted by Gasteiger charge is -2.31. The van der Waals surface area contributed by atoms with Crippen LogP contribution in [-0.4, -0.2) is 37.0 Å². The molecule has 1 aliphatic rings. The molecule has 1 fully saturated rings. The number of fused-ring (bicyclic) bond motifs is 1. The topological polar surface area (TPSA) is 32.3 Å². The molecule has 20 heavy (non-hydrogen) atoms. The fraction of sp³-hybridized carbons (Fsp3) is 0.438. The van der Waals surface area contributed by atoms with Crippen molar-refractivity contribution in [1.82, 2.24) is 10.2 Å². The summed E-state index contributed by atoms with van der Waals surface area (Å²) in [5, 5.41) is 4.55. The number of thiophene rings is 1. The molecule has 4 heteroatoms. The van der Waals surface area contributed by atoms with Crippen LogP contribution in [0.3, 0.4) is 0 Å². The van der Waals surface area contributed by atoms with Crippen molar-refractivity contribution in [2.75, 3.05) is 20.1 Å². The summed E-state index contributed by atoms with van der Waals surface area (Å²) in [7, 11) is 1.95. The summed E-state index contributed by atoms with van der Waals surface area (Å²) < 4.78 is 1.20. The standard InChI is InChI=1S/C16H20N2OS/c1-11-13-5-3-4-6-14(13)20-15(11)16(19)18(2)12-7-9-17-10-8-12/h3-6,12,17H,7-10H2,1-2H3. The Morgan fingerprint density at radius 1 is 1.30 bits per heavy atom. The third-order valence-corrected chi connectivity index (χ3v) is 5.48. The minimum Gasteiger partial charge on any atom is -0.338 e. The second-order valence-electron chi connectivity index (χ2n) is 5.45. The highest BCUT2D eigenvalue weighted by Crippen LogP contribution is 2.31. The fourth-order valence-electron chi connectivity index (χ4n) is 2.90. The molecule has 0 aliphatic carbocycles. The van der Waals surface area contributed by atoms with Crippen LogP contribution < -0.4 is 5.32 Å². The predicted octanol–water partition coefficient (Wildman–Crippen LogP) is 3.03. The lowest BCUT2D eigenvalue weighted by Crippen LogP contribution is -2.43. The van der Waals surface area contributed by atoms with Gasteiger partial charge in [-0.1, -0.05) is 18.2 Å². The Morgan fingerprint density at radius 2 is 2.00 bits per heavy atom. The Labute approximate surface area is 123 Å². The van der Waals surface area contributed by atoms with Crippen molar-refractivity contribution in [2.45, 2.75) is 25.8 Å². The predicted molar refractivity (Wildman–Crippen MR) is 84.5 cm³/mol. The first-order valence-electron chi connectivity index (χ1n) is 7.14. The minimum atomic E-state index is 0.176. The summed E-state index contributed by atoms with van der Waals surface area (Å²) >= 11 is 1.62. The van der Waals surface area contributed by atoms with Crippen LogP contribution >= 0.6 is 11.3 Å². The maximum atomic E-state index is 12.8. The van der Waals surface area contributed by atoms with Crippen molar-refractivity contribution < 1.29 is 4.79 Å². The van der Waals surface area contributed by atoms with E-state index in [0.29, 0.717) is 6.04 Å². The highest BCUT2D eigenvalue weighted by atomic mass is 32.1. The third-order valence-electron chi connectivity index (χ3n) is 4.21. The Hall–Kier alpha value is -1.39. The number of carbonyl (C=O) groups excluding carboxylic acids is 1. The van der Waals surface area contributed by atoms with Gasteiger partial charge in [0, 0.05) is 17.8 Å². The van der Waals surface area contributed by atoms with Crippen molar-refractivity contribution in [2.24, 2.45) is 0 Å². The zero-order valence-electron chi connectivity index (χ0n) is 12.0. The van der Waals surface area contributed by atoms with Crippen LogP contribution in [0.1, 0.15) is 28.1 Å².